The van der Waals surface area contributed by atoms with Crippen LogP contribution in [0.4, 0.5) is 17.1 Å². The van der Waals surface area contributed by atoms with Crippen LogP contribution in [0.1, 0.15) is 149 Å². The minimum absolute atomic E-state index is 0.0207. The Balaban J connectivity index is 0.937. The van der Waals surface area contributed by atoms with Crippen molar-refractivity contribution >= 4 is 17.1 Å². The third-order valence-electron chi connectivity index (χ3n) is 23.3. The van der Waals surface area contributed by atoms with Gasteiger partial charge in [0.1, 0.15) is 0 Å². The van der Waals surface area contributed by atoms with E-state index in [4.69, 9.17) is 0 Å². The van der Waals surface area contributed by atoms with Crippen LogP contribution in [0.15, 0.2) is 152 Å². The van der Waals surface area contributed by atoms with Crippen molar-refractivity contribution in [2.45, 2.75) is 132 Å². The van der Waals surface area contributed by atoms with Gasteiger partial charge in [-0.3, -0.25) is 0 Å². The first-order valence-corrected chi connectivity index (χ1v) is 28.2. The van der Waals surface area contributed by atoms with Crippen molar-refractivity contribution in [1.29, 1.82) is 0 Å². The van der Waals surface area contributed by atoms with Crippen LogP contribution in [-0.2, 0) is 27.1 Å². The number of hydrogen-bond donors (Lipinski definition) is 0. The van der Waals surface area contributed by atoms with Gasteiger partial charge in [0.15, 0.2) is 0 Å². The predicted octanol–water partition coefficient (Wildman–Crippen LogP) is 17.7. The molecule has 6 bridgehead atoms. The molecule has 7 aromatic rings. The zero-order valence-electron chi connectivity index (χ0n) is 42.3. The fraction of sp³-hybridized carbons (Fsp3) is 0.400. The lowest BCUT2D eigenvalue weighted by Crippen LogP contribution is -2.68. The molecule has 1 heteroatoms. The minimum Gasteiger partial charge on any atom is -0.310 e. The van der Waals surface area contributed by atoms with Gasteiger partial charge in [-0.15, -0.1) is 0 Å². The normalized spacial score (nSPS) is 32.9. The highest BCUT2D eigenvalue weighted by Crippen LogP contribution is 2.86. The molecule has 8 fully saturated rings. The molecule has 7 unspecified atom stereocenters. The topological polar surface area (TPSA) is 3.24 Å². The quantitative estimate of drug-likeness (QED) is 0.161. The van der Waals surface area contributed by atoms with Crippen LogP contribution < -0.4 is 4.90 Å². The number of anilines is 3. The number of hydrogen-bond acceptors (Lipinski definition) is 1. The molecular weight excluding hydrogens is 855 g/mol. The molecule has 11 aliphatic carbocycles. The highest BCUT2D eigenvalue weighted by atomic mass is 15.1. The maximum atomic E-state index is 2.73. The summed E-state index contributed by atoms with van der Waals surface area (Å²) in [6.07, 6.45) is 16.9. The second-order valence-corrected chi connectivity index (χ2v) is 26.9. The van der Waals surface area contributed by atoms with Crippen LogP contribution in [0.3, 0.4) is 0 Å². The highest BCUT2D eigenvalue weighted by Gasteiger charge is 2.80. The molecule has 0 aromatic heterocycles. The van der Waals surface area contributed by atoms with Crippen LogP contribution in [0.2, 0.25) is 0 Å². The zero-order valence-corrected chi connectivity index (χ0v) is 42.3. The van der Waals surface area contributed by atoms with Crippen molar-refractivity contribution in [2.24, 2.45) is 40.9 Å². The molecule has 0 heterocycles. The third kappa shape index (κ3) is 4.80. The fourth-order valence-corrected chi connectivity index (χ4v) is 20.7. The molecule has 71 heavy (non-hydrogen) atoms. The average Bonchev–Trinajstić information content (AvgIpc) is 4.18. The van der Waals surface area contributed by atoms with Gasteiger partial charge in [0.05, 0.1) is 11.1 Å². The van der Waals surface area contributed by atoms with E-state index in [2.05, 4.69) is 184 Å². The van der Waals surface area contributed by atoms with Gasteiger partial charge in [0.2, 0.25) is 0 Å². The average molecular weight is 922 g/mol. The molecule has 0 radical (unpaired) electrons. The Morgan fingerprint density at radius 2 is 0.958 bits per heavy atom. The highest BCUT2D eigenvalue weighted by molar-refractivity contribution is 6.00. The Morgan fingerprint density at radius 3 is 1.59 bits per heavy atom. The Kier molecular flexibility index (Phi) is 7.66. The van der Waals surface area contributed by atoms with E-state index in [1.165, 1.54) is 161 Å². The van der Waals surface area contributed by atoms with E-state index in [0.29, 0.717) is 16.2 Å². The molecule has 0 saturated heterocycles. The molecular formula is C70H67N. The number of fused-ring (bicyclic) bond motifs is 12. The van der Waals surface area contributed by atoms with E-state index in [1.54, 1.807) is 11.1 Å². The van der Waals surface area contributed by atoms with E-state index in [1.807, 2.05) is 0 Å². The Hall–Kier alpha value is -5.66. The number of nitrogens with zero attached hydrogens (tertiary/aromatic N) is 1. The first-order valence-electron chi connectivity index (χ1n) is 28.2. The summed E-state index contributed by atoms with van der Waals surface area (Å²) in [4.78, 5) is 2.73. The van der Waals surface area contributed by atoms with Crippen LogP contribution >= 0.6 is 0 Å². The van der Waals surface area contributed by atoms with Crippen molar-refractivity contribution in [3.05, 3.63) is 196 Å². The van der Waals surface area contributed by atoms with E-state index >= 15 is 0 Å². The van der Waals surface area contributed by atoms with Crippen molar-refractivity contribution in [3.8, 4) is 33.4 Å². The van der Waals surface area contributed by atoms with Crippen molar-refractivity contribution in [3.63, 3.8) is 0 Å². The number of benzene rings is 7. The summed E-state index contributed by atoms with van der Waals surface area (Å²) in [7, 11) is 0. The second-order valence-electron chi connectivity index (χ2n) is 26.9. The molecule has 18 rings (SSSR count). The van der Waals surface area contributed by atoms with Crippen LogP contribution in [0.25, 0.3) is 33.4 Å². The van der Waals surface area contributed by atoms with E-state index in [-0.39, 0.29) is 10.8 Å². The summed E-state index contributed by atoms with van der Waals surface area (Å²) in [5, 5.41) is 0. The lowest BCUT2D eigenvalue weighted by Gasteiger charge is -2.73. The van der Waals surface area contributed by atoms with Crippen molar-refractivity contribution in [2.75, 3.05) is 4.90 Å². The Labute approximate surface area is 422 Å². The van der Waals surface area contributed by atoms with Gasteiger partial charge in [-0.2, -0.15) is 0 Å². The van der Waals surface area contributed by atoms with Gasteiger partial charge < -0.3 is 4.90 Å². The first-order chi connectivity index (χ1) is 34.5. The number of rotatable bonds is 6. The zero-order chi connectivity index (χ0) is 47.0. The maximum Gasteiger partial charge on any atom is 0.0726 e. The second kappa shape index (κ2) is 13.3. The smallest absolute Gasteiger partial charge is 0.0726 e. The Morgan fingerprint density at radius 1 is 0.394 bits per heavy atom. The molecule has 7 atom stereocenters. The van der Waals surface area contributed by atoms with Crippen molar-refractivity contribution in [1.82, 2.24) is 0 Å². The minimum atomic E-state index is -0.441. The molecule has 8 saturated carbocycles. The molecule has 1 nitrogen and oxygen atoms in total. The molecule has 2 spiro atoms. The fourth-order valence-electron chi connectivity index (χ4n) is 20.7. The predicted molar refractivity (Wildman–Crippen MR) is 291 cm³/mol. The molecule has 0 N–H and O–H groups in total. The SMILES string of the molecule is CC1(C)CCC(C)(C)c2c(-c3cc4c(cc3N(c3ccc(C56CC7CC(CC5C7)C6)cc3)c3ccc(C56CC7CC8CC(C5)C86C7)cc3)C3(c5ccccc5-c5ccccc53)c3ccccc3-4)cccc21. The maximum absolute atomic E-state index is 2.73. The summed E-state index contributed by atoms with van der Waals surface area (Å²) in [6, 6.07) is 61.5. The van der Waals surface area contributed by atoms with Gasteiger partial charge in [0.25, 0.3) is 0 Å². The third-order valence-corrected chi connectivity index (χ3v) is 23.3. The van der Waals surface area contributed by atoms with Gasteiger partial charge in [-0.1, -0.05) is 143 Å². The standard InChI is InChI=1S/C70H67N/c1-65(2)28-29-66(3,4)64-55(15-11-19-61(64)65)57-35-56-54-14-7-10-18-60(54)70(58-16-8-5-12-52(58)53-13-6-9-17-59(53)70)62(56)36-63(57)71(50-24-20-45(21-25-50)67-37-42-30-43(38-67)32-47(67)31-42)51-26-22-46(23-27-51)68-39-44-33-48-34-49(41-68)69(48,68)40-44/h5-27,35-36,42-44,47-49H,28-34,37-41H2,1-4H3. The Bertz CT molecular complexity index is 3400. The largest absolute Gasteiger partial charge is 0.310 e. The van der Waals surface area contributed by atoms with E-state index < -0.39 is 5.41 Å². The van der Waals surface area contributed by atoms with Gasteiger partial charge >= 0.3 is 0 Å². The van der Waals surface area contributed by atoms with Gasteiger partial charge in [0, 0.05) is 22.4 Å². The monoisotopic (exact) mass is 922 g/mol. The lowest BCUT2D eigenvalue weighted by molar-refractivity contribution is -0.198. The summed E-state index contributed by atoms with van der Waals surface area (Å²) >= 11 is 0. The molecule has 0 aliphatic heterocycles. The molecule has 7 aromatic carbocycles. The van der Waals surface area contributed by atoms with Crippen LogP contribution in [0.5, 0.6) is 0 Å². The summed E-state index contributed by atoms with van der Waals surface area (Å²) in [5.41, 5.74) is 25.0. The summed E-state index contributed by atoms with van der Waals surface area (Å²) in [6.45, 7) is 10.0. The molecule has 0 amide bonds. The van der Waals surface area contributed by atoms with Gasteiger partial charge in [-0.25, -0.2) is 0 Å². The summed E-state index contributed by atoms with van der Waals surface area (Å²) < 4.78 is 0. The van der Waals surface area contributed by atoms with Crippen molar-refractivity contribution < 1.29 is 0 Å². The summed E-state index contributed by atoms with van der Waals surface area (Å²) in [5.74, 6) is 5.61. The van der Waals surface area contributed by atoms with Crippen LogP contribution in [0, 0.1) is 40.9 Å². The lowest BCUT2D eigenvalue weighted by atomic mass is 9.31. The molecule has 352 valence electrons. The van der Waals surface area contributed by atoms with Gasteiger partial charge in [-0.05, 0) is 243 Å². The van der Waals surface area contributed by atoms with Crippen LogP contribution in [-0.4, -0.2) is 0 Å². The molecule has 11 aliphatic rings. The van der Waals surface area contributed by atoms with E-state index in [0.717, 1.165) is 35.5 Å². The van der Waals surface area contributed by atoms with E-state index in [9.17, 15) is 0 Å². The first kappa shape index (κ1) is 40.9.